The van der Waals surface area contributed by atoms with E-state index in [1.807, 2.05) is 45.0 Å². The first-order valence-electron chi connectivity index (χ1n) is 11.2. The molecule has 35 heavy (non-hydrogen) atoms. The summed E-state index contributed by atoms with van der Waals surface area (Å²) in [6.07, 6.45) is 1.63. The fourth-order valence-electron chi connectivity index (χ4n) is 3.39. The van der Waals surface area contributed by atoms with Crippen LogP contribution in [0.3, 0.4) is 0 Å². The van der Waals surface area contributed by atoms with E-state index in [4.69, 9.17) is 0 Å². The van der Waals surface area contributed by atoms with Crippen LogP contribution >= 0.6 is 0 Å². The molecule has 0 saturated heterocycles. The molecule has 0 unspecified atom stereocenters. The number of rotatable bonds is 11. The Morgan fingerprint density at radius 2 is 1.77 bits per heavy atom. The average Bonchev–Trinajstić information content (AvgIpc) is 2.80. The van der Waals surface area contributed by atoms with Gasteiger partial charge in [0.15, 0.2) is 0 Å². The Balaban J connectivity index is 2.44. The summed E-state index contributed by atoms with van der Waals surface area (Å²) in [5.74, 6) is -0.973. The highest BCUT2D eigenvalue weighted by atomic mass is 32.2. The SMILES string of the molecule is CC[C@H](C)NC(=O)[C@H](C)N(Cc1ccccc1C)C(=O)CN(c1cccc([N+](=O)[O-])c1)S(C)(=O)=O. The number of hydrogen-bond donors (Lipinski definition) is 1. The predicted molar refractivity (Wildman–Crippen MR) is 134 cm³/mol. The van der Waals surface area contributed by atoms with Gasteiger partial charge in [0.05, 0.1) is 16.9 Å². The number of nitro benzene ring substituents is 1. The van der Waals surface area contributed by atoms with Crippen molar-refractivity contribution in [1.29, 1.82) is 0 Å². The van der Waals surface area contributed by atoms with Crippen LogP contribution in [0.5, 0.6) is 0 Å². The number of anilines is 1. The molecule has 2 amide bonds. The van der Waals surface area contributed by atoms with Crippen molar-refractivity contribution in [2.24, 2.45) is 0 Å². The number of amides is 2. The number of benzene rings is 2. The molecular formula is C24H32N4O6S. The van der Waals surface area contributed by atoms with Crippen molar-refractivity contribution < 1.29 is 22.9 Å². The molecule has 10 nitrogen and oxygen atoms in total. The topological polar surface area (TPSA) is 130 Å². The van der Waals surface area contributed by atoms with E-state index in [-0.39, 0.29) is 29.9 Å². The molecule has 0 bridgehead atoms. The van der Waals surface area contributed by atoms with E-state index in [0.29, 0.717) is 6.42 Å². The van der Waals surface area contributed by atoms with Gasteiger partial charge in [-0.3, -0.25) is 24.0 Å². The number of non-ortho nitro benzene ring substituents is 1. The van der Waals surface area contributed by atoms with Gasteiger partial charge in [-0.1, -0.05) is 37.3 Å². The minimum absolute atomic E-state index is 0.0115. The van der Waals surface area contributed by atoms with Gasteiger partial charge in [0.2, 0.25) is 21.8 Å². The van der Waals surface area contributed by atoms with E-state index in [1.165, 1.54) is 23.1 Å². The fraction of sp³-hybridized carbons (Fsp3) is 0.417. The summed E-state index contributed by atoms with van der Waals surface area (Å²) in [7, 11) is -3.98. The largest absolute Gasteiger partial charge is 0.352 e. The third-order valence-electron chi connectivity index (χ3n) is 5.78. The Morgan fingerprint density at radius 3 is 2.34 bits per heavy atom. The molecule has 2 rings (SSSR count). The Bertz CT molecular complexity index is 1180. The van der Waals surface area contributed by atoms with Crippen LogP contribution in [0.2, 0.25) is 0 Å². The summed E-state index contributed by atoms with van der Waals surface area (Å²) >= 11 is 0. The predicted octanol–water partition coefficient (Wildman–Crippen LogP) is 3.00. The summed E-state index contributed by atoms with van der Waals surface area (Å²) in [4.78, 5) is 38.3. The van der Waals surface area contributed by atoms with Gasteiger partial charge >= 0.3 is 0 Å². The highest BCUT2D eigenvalue weighted by molar-refractivity contribution is 7.92. The molecule has 2 aromatic rings. The van der Waals surface area contributed by atoms with Crippen molar-refractivity contribution in [2.75, 3.05) is 17.1 Å². The third-order valence-corrected chi connectivity index (χ3v) is 6.92. The average molecular weight is 505 g/mol. The van der Waals surface area contributed by atoms with Crippen LogP contribution < -0.4 is 9.62 Å². The van der Waals surface area contributed by atoms with Crippen molar-refractivity contribution in [3.63, 3.8) is 0 Å². The molecule has 0 heterocycles. The molecule has 190 valence electrons. The van der Waals surface area contributed by atoms with Gasteiger partial charge in [-0.25, -0.2) is 8.42 Å². The number of nitro groups is 1. The zero-order valence-corrected chi connectivity index (χ0v) is 21.4. The van der Waals surface area contributed by atoms with E-state index in [9.17, 15) is 28.1 Å². The van der Waals surface area contributed by atoms with E-state index in [2.05, 4.69) is 5.32 Å². The summed E-state index contributed by atoms with van der Waals surface area (Å²) in [5.41, 5.74) is 1.41. The van der Waals surface area contributed by atoms with Crippen LogP contribution in [0.1, 0.15) is 38.3 Å². The Morgan fingerprint density at radius 1 is 1.11 bits per heavy atom. The van der Waals surface area contributed by atoms with Gasteiger partial charge in [-0.15, -0.1) is 0 Å². The van der Waals surface area contributed by atoms with E-state index in [1.54, 1.807) is 6.92 Å². The minimum Gasteiger partial charge on any atom is -0.352 e. The first-order valence-corrected chi connectivity index (χ1v) is 13.1. The van der Waals surface area contributed by atoms with Crippen LogP contribution in [0.15, 0.2) is 48.5 Å². The summed E-state index contributed by atoms with van der Waals surface area (Å²) < 4.78 is 26.0. The second kappa shape index (κ2) is 11.8. The smallest absolute Gasteiger partial charge is 0.271 e. The van der Waals surface area contributed by atoms with Crippen molar-refractivity contribution in [1.82, 2.24) is 10.2 Å². The van der Waals surface area contributed by atoms with Gasteiger partial charge in [0, 0.05) is 24.7 Å². The number of aryl methyl sites for hydroxylation is 1. The second-order valence-electron chi connectivity index (χ2n) is 8.49. The first kappa shape index (κ1) is 27.8. The number of sulfonamides is 1. The van der Waals surface area contributed by atoms with Gasteiger partial charge in [0.1, 0.15) is 12.6 Å². The number of carbonyl (C=O) groups is 2. The molecule has 2 aromatic carbocycles. The number of hydrogen-bond acceptors (Lipinski definition) is 6. The summed E-state index contributed by atoms with van der Waals surface area (Å²) in [6, 6.07) is 11.5. The zero-order valence-electron chi connectivity index (χ0n) is 20.6. The summed E-state index contributed by atoms with van der Waals surface area (Å²) in [5, 5.41) is 14.0. The minimum atomic E-state index is -3.98. The van der Waals surface area contributed by atoms with Crippen molar-refractivity contribution in [3.05, 3.63) is 69.8 Å². The van der Waals surface area contributed by atoms with Gasteiger partial charge in [0.25, 0.3) is 5.69 Å². The quantitative estimate of drug-likeness (QED) is 0.370. The Kier molecular flexibility index (Phi) is 9.35. The Hall–Kier alpha value is -3.47. The van der Waals surface area contributed by atoms with E-state index in [0.717, 1.165) is 27.8 Å². The number of nitrogens with zero attached hydrogens (tertiary/aromatic N) is 3. The Labute approximate surface area is 206 Å². The highest BCUT2D eigenvalue weighted by Crippen LogP contribution is 2.24. The lowest BCUT2D eigenvalue weighted by Gasteiger charge is -2.32. The van der Waals surface area contributed by atoms with Crippen LogP contribution in [0.4, 0.5) is 11.4 Å². The lowest BCUT2D eigenvalue weighted by molar-refractivity contribution is -0.384. The van der Waals surface area contributed by atoms with Gasteiger partial charge in [-0.05, 0) is 44.4 Å². The second-order valence-corrected chi connectivity index (χ2v) is 10.4. The molecule has 2 atom stereocenters. The maximum Gasteiger partial charge on any atom is 0.271 e. The van der Waals surface area contributed by atoms with Crippen molar-refractivity contribution in [3.8, 4) is 0 Å². The van der Waals surface area contributed by atoms with Crippen LogP contribution in [0.25, 0.3) is 0 Å². The monoisotopic (exact) mass is 504 g/mol. The molecule has 0 fully saturated rings. The maximum absolute atomic E-state index is 13.5. The molecule has 0 aromatic heterocycles. The standard InChI is InChI=1S/C24H32N4O6S/c1-6-18(3)25-24(30)19(4)26(15-20-11-8-7-10-17(20)2)23(29)16-27(35(5,33)34)21-12-9-13-22(14-21)28(31)32/h7-14,18-19H,6,15-16H2,1-5H3,(H,25,30)/t18-,19-/m0/s1. The maximum atomic E-state index is 13.5. The fourth-order valence-corrected chi connectivity index (χ4v) is 4.24. The molecule has 0 spiro atoms. The van der Waals surface area contributed by atoms with E-state index >= 15 is 0 Å². The molecule has 0 aliphatic rings. The number of nitrogens with one attached hydrogen (secondary N) is 1. The highest BCUT2D eigenvalue weighted by Gasteiger charge is 2.31. The van der Waals surface area contributed by atoms with Crippen LogP contribution in [-0.2, 0) is 26.2 Å². The molecule has 0 aliphatic carbocycles. The molecule has 11 heteroatoms. The first-order chi connectivity index (χ1) is 16.3. The summed E-state index contributed by atoms with van der Waals surface area (Å²) in [6.45, 7) is 6.72. The third kappa shape index (κ3) is 7.51. The van der Waals surface area contributed by atoms with Crippen molar-refractivity contribution in [2.45, 2.75) is 52.7 Å². The zero-order chi connectivity index (χ0) is 26.3. The van der Waals surface area contributed by atoms with Gasteiger partial charge < -0.3 is 10.2 Å². The molecular weight excluding hydrogens is 472 g/mol. The molecule has 0 aliphatic heterocycles. The molecule has 0 saturated carbocycles. The number of carbonyl (C=O) groups excluding carboxylic acids is 2. The lowest BCUT2D eigenvalue weighted by Crippen LogP contribution is -2.52. The molecule has 1 N–H and O–H groups in total. The normalized spacial score (nSPS) is 12.9. The van der Waals surface area contributed by atoms with Gasteiger partial charge in [-0.2, -0.15) is 0 Å². The van der Waals surface area contributed by atoms with Crippen LogP contribution in [-0.4, -0.2) is 54.9 Å². The molecule has 0 radical (unpaired) electrons. The lowest BCUT2D eigenvalue weighted by atomic mass is 10.1. The van der Waals surface area contributed by atoms with Crippen molar-refractivity contribution >= 4 is 33.2 Å². The van der Waals surface area contributed by atoms with Crippen LogP contribution in [0, 0.1) is 17.0 Å². The van der Waals surface area contributed by atoms with E-state index < -0.39 is 33.4 Å².